The minimum Gasteiger partial charge on any atom is -0.381 e. The Balaban J connectivity index is 4.55. The SMILES string of the molecule is CCCOCCCNC(=O)CC(=O)NCCOCCNC(=O)CN(CC(=O)CCCOCCCC(=O)CC(C)=O)CC(=O)CCCOCCCC(=O)CC(C)=O. The molecule has 0 atom stereocenters. The highest BCUT2D eigenvalue weighted by Crippen LogP contribution is 2.03. The molecule has 17 heteroatoms. The minimum atomic E-state index is -0.434. The molecule has 56 heavy (non-hydrogen) atoms. The third-order valence-electron chi connectivity index (χ3n) is 7.63. The number of amides is 3. The van der Waals surface area contributed by atoms with E-state index in [1.807, 2.05) is 6.92 Å². The van der Waals surface area contributed by atoms with E-state index >= 15 is 0 Å². The fraction of sp³-hybridized carbons (Fsp3) is 0.769. The summed E-state index contributed by atoms with van der Waals surface area (Å²) < 4.78 is 21.8. The fourth-order valence-electron chi connectivity index (χ4n) is 5.05. The lowest BCUT2D eigenvalue weighted by Gasteiger charge is -2.20. The number of hydrogen-bond donors (Lipinski definition) is 3. The van der Waals surface area contributed by atoms with E-state index in [0.29, 0.717) is 78.3 Å². The molecule has 0 spiro atoms. The summed E-state index contributed by atoms with van der Waals surface area (Å²) in [6.45, 7) is 7.84. The van der Waals surface area contributed by atoms with Gasteiger partial charge in [-0.25, -0.2) is 0 Å². The van der Waals surface area contributed by atoms with Crippen LogP contribution in [0.4, 0.5) is 0 Å². The van der Waals surface area contributed by atoms with Crippen LogP contribution in [-0.4, -0.2) is 149 Å². The summed E-state index contributed by atoms with van der Waals surface area (Å²) in [6.07, 6.45) is 3.77. The number of hydrogen-bond acceptors (Lipinski definition) is 14. The van der Waals surface area contributed by atoms with Crippen molar-refractivity contribution < 1.29 is 62.1 Å². The maximum Gasteiger partial charge on any atom is 0.234 e. The Morgan fingerprint density at radius 1 is 0.411 bits per heavy atom. The number of carbonyl (C=O) groups is 9. The number of nitrogens with zero attached hydrogens (tertiary/aromatic N) is 1. The van der Waals surface area contributed by atoms with Gasteiger partial charge in [0.2, 0.25) is 17.7 Å². The molecule has 0 saturated carbocycles. The molecule has 0 heterocycles. The van der Waals surface area contributed by atoms with Crippen LogP contribution in [0.5, 0.6) is 0 Å². The Morgan fingerprint density at radius 2 is 0.786 bits per heavy atom. The van der Waals surface area contributed by atoms with Crippen molar-refractivity contribution in [2.45, 2.75) is 104 Å². The van der Waals surface area contributed by atoms with E-state index in [9.17, 15) is 43.2 Å². The Hall–Kier alpha value is -3.77. The normalized spacial score (nSPS) is 10.9. The average molecular weight is 799 g/mol. The van der Waals surface area contributed by atoms with Crippen LogP contribution in [0, 0.1) is 0 Å². The van der Waals surface area contributed by atoms with Gasteiger partial charge in [0.25, 0.3) is 0 Å². The molecule has 0 bridgehead atoms. The first-order valence-electron chi connectivity index (χ1n) is 19.7. The van der Waals surface area contributed by atoms with Gasteiger partial charge in [-0.15, -0.1) is 0 Å². The van der Waals surface area contributed by atoms with E-state index in [2.05, 4.69) is 16.0 Å². The summed E-state index contributed by atoms with van der Waals surface area (Å²) in [5.41, 5.74) is 0. The monoisotopic (exact) mass is 798 g/mol. The van der Waals surface area contributed by atoms with Crippen LogP contribution in [0.3, 0.4) is 0 Å². The van der Waals surface area contributed by atoms with Crippen molar-refractivity contribution in [1.82, 2.24) is 20.9 Å². The van der Waals surface area contributed by atoms with Crippen molar-refractivity contribution in [3.8, 4) is 0 Å². The molecule has 0 aromatic heterocycles. The highest BCUT2D eigenvalue weighted by atomic mass is 16.5. The van der Waals surface area contributed by atoms with Crippen molar-refractivity contribution in [3.63, 3.8) is 0 Å². The van der Waals surface area contributed by atoms with Gasteiger partial charge in [0, 0.05) is 85.0 Å². The van der Waals surface area contributed by atoms with Crippen molar-refractivity contribution in [2.24, 2.45) is 0 Å². The zero-order valence-corrected chi connectivity index (χ0v) is 33.8. The summed E-state index contributed by atoms with van der Waals surface area (Å²) in [4.78, 5) is 109. The topological polar surface area (TPSA) is 230 Å². The van der Waals surface area contributed by atoms with Gasteiger partial charge in [0.15, 0.2) is 0 Å². The molecule has 17 nitrogen and oxygen atoms in total. The fourth-order valence-corrected chi connectivity index (χ4v) is 5.05. The highest BCUT2D eigenvalue weighted by molar-refractivity contribution is 5.98. The zero-order valence-electron chi connectivity index (χ0n) is 33.8. The van der Waals surface area contributed by atoms with Crippen molar-refractivity contribution in [3.05, 3.63) is 0 Å². The van der Waals surface area contributed by atoms with Crippen molar-refractivity contribution >= 4 is 52.4 Å². The van der Waals surface area contributed by atoms with Gasteiger partial charge in [-0.05, 0) is 52.4 Å². The summed E-state index contributed by atoms with van der Waals surface area (Å²) in [5.74, 6) is -2.19. The van der Waals surface area contributed by atoms with Crippen molar-refractivity contribution in [1.29, 1.82) is 0 Å². The van der Waals surface area contributed by atoms with E-state index in [1.54, 1.807) is 0 Å². The molecule has 0 rings (SSSR count). The second kappa shape index (κ2) is 35.6. The minimum absolute atomic E-state index is 0.0818. The maximum absolute atomic E-state index is 12.8. The Morgan fingerprint density at radius 3 is 1.23 bits per heavy atom. The van der Waals surface area contributed by atoms with Crippen LogP contribution in [0.25, 0.3) is 0 Å². The number of ether oxygens (including phenoxy) is 4. The predicted octanol–water partition coefficient (Wildman–Crippen LogP) is 1.25. The average Bonchev–Trinajstić information content (AvgIpc) is 3.11. The summed E-state index contributed by atoms with van der Waals surface area (Å²) in [5, 5.41) is 7.96. The molecule has 3 N–H and O–H groups in total. The molecule has 0 saturated heterocycles. The number of carbonyl (C=O) groups excluding carboxylic acids is 9. The first-order chi connectivity index (χ1) is 26.8. The molecule has 320 valence electrons. The zero-order chi connectivity index (χ0) is 41.8. The highest BCUT2D eigenvalue weighted by Gasteiger charge is 2.18. The third kappa shape index (κ3) is 35.9. The molecule has 0 aliphatic rings. The van der Waals surface area contributed by atoms with Crippen LogP contribution in [0.15, 0.2) is 0 Å². The number of ketones is 6. The molecule has 0 aliphatic heterocycles. The largest absolute Gasteiger partial charge is 0.381 e. The number of Topliss-reactive ketones (excluding diaryl/α,β-unsaturated/α-hetero) is 6. The van der Waals surface area contributed by atoms with E-state index in [-0.39, 0.29) is 131 Å². The quantitative estimate of drug-likeness (QED) is 0.0586. The lowest BCUT2D eigenvalue weighted by Crippen LogP contribution is -2.43. The van der Waals surface area contributed by atoms with E-state index in [1.165, 1.54) is 18.7 Å². The van der Waals surface area contributed by atoms with E-state index in [4.69, 9.17) is 18.9 Å². The molecule has 0 aromatic rings. The second-order valence-corrected chi connectivity index (χ2v) is 13.5. The van der Waals surface area contributed by atoms with Gasteiger partial charge >= 0.3 is 0 Å². The molecule has 0 aromatic carbocycles. The van der Waals surface area contributed by atoms with Gasteiger partial charge in [-0.2, -0.15) is 0 Å². The maximum atomic E-state index is 12.8. The van der Waals surface area contributed by atoms with Crippen LogP contribution in [0.1, 0.15) is 104 Å². The summed E-state index contributed by atoms with van der Waals surface area (Å²) in [7, 11) is 0. The van der Waals surface area contributed by atoms with Crippen molar-refractivity contribution in [2.75, 3.05) is 92.1 Å². The molecule has 0 aliphatic carbocycles. The lowest BCUT2D eigenvalue weighted by molar-refractivity contribution is -0.130. The van der Waals surface area contributed by atoms with Crippen LogP contribution in [-0.2, 0) is 62.1 Å². The standard InChI is InChI=1S/C39H66N4O13/c1-4-17-53-22-9-14-40-37(50)27-38(51)41-15-23-56-24-16-42-39(52)30-43(28-35(48)12-7-20-54-18-5-10-33(46)25-31(2)44)29-36(49)13-8-21-55-19-6-11-34(47)26-32(3)45/h4-30H2,1-3H3,(H,40,50)(H,41,51)(H,42,52). The first-order valence-corrected chi connectivity index (χ1v) is 19.7. The Kier molecular flexibility index (Phi) is 33.2. The second-order valence-electron chi connectivity index (χ2n) is 13.5. The van der Waals surface area contributed by atoms with Gasteiger partial charge in [-0.1, -0.05) is 6.92 Å². The van der Waals surface area contributed by atoms with E-state index in [0.717, 1.165) is 6.42 Å². The van der Waals surface area contributed by atoms with E-state index < -0.39 is 11.8 Å². The molecule has 3 amide bonds. The molecule has 0 fully saturated rings. The molecular formula is C39H66N4O13. The van der Waals surface area contributed by atoms with Gasteiger partial charge in [0.1, 0.15) is 41.1 Å². The number of rotatable bonds is 40. The van der Waals surface area contributed by atoms with Gasteiger partial charge in [-0.3, -0.25) is 48.1 Å². The Labute approximate surface area is 331 Å². The smallest absolute Gasteiger partial charge is 0.234 e. The van der Waals surface area contributed by atoms with Gasteiger partial charge in [0.05, 0.1) is 45.7 Å². The lowest BCUT2D eigenvalue weighted by atomic mass is 10.1. The molecule has 0 radical (unpaired) electrons. The molecular weight excluding hydrogens is 732 g/mol. The van der Waals surface area contributed by atoms with Crippen LogP contribution in [0.2, 0.25) is 0 Å². The van der Waals surface area contributed by atoms with Crippen LogP contribution < -0.4 is 16.0 Å². The predicted molar refractivity (Wildman–Crippen MR) is 206 cm³/mol. The summed E-state index contributed by atoms with van der Waals surface area (Å²) >= 11 is 0. The summed E-state index contributed by atoms with van der Waals surface area (Å²) in [6, 6.07) is 0. The van der Waals surface area contributed by atoms with Gasteiger partial charge < -0.3 is 34.9 Å². The molecule has 0 unspecified atom stereocenters. The first kappa shape index (κ1) is 52.2. The number of nitrogens with one attached hydrogen (secondary N) is 3. The van der Waals surface area contributed by atoms with Crippen LogP contribution >= 0.6 is 0 Å². The third-order valence-corrected chi connectivity index (χ3v) is 7.63. The Bertz CT molecular complexity index is 1160.